The van der Waals surface area contributed by atoms with Gasteiger partial charge in [-0.05, 0) is 24.3 Å². The van der Waals surface area contributed by atoms with Gasteiger partial charge in [-0.25, -0.2) is 0 Å². The quantitative estimate of drug-likeness (QED) is 0.520. The number of amides is 1. The fourth-order valence-electron chi connectivity index (χ4n) is 3.19. The summed E-state index contributed by atoms with van der Waals surface area (Å²) in [6.45, 7) is -0.616. The Morgan fingerprint density at radius 3 is 2.14 bits per heavy atom. The second kappa shape index (κ2) is 9.11. The number of hydrogen-bond donors (Lipinski definition) is 3. The highest BCUT2D eigenvalue weighted by Crippen LogP contribution is 2.37. The maximum Gasteiger partial charge on any atom is 0.231 e. The summed E-state index contributed by atoms with van der Waals surface area (Å²) < 4.78 is 0. The monoisotopic (exact) mass is 450 g/mol. The Bertz CT molecular complexity index is 1050. The fraction of sp³-hybridized carbons (Fsp3) is 0.143. The molecule has 0 saturated carbocycles. The highest BCUT2D eigenvalue weighted by Gasteiger charge is 2.27. The number of pyridine rings is 1. The first-order chi connectivity index (χ1) is 13.9. The van der Waals surface area contributed by atoms with Crippen molar-refractivity contribution in [2.45, 2.75) is 19.1 Å². The van der Waals surface area contributed by atoms with Crippen LogP contribution in [0.4, 0.5) is 0 Å². The van der Waals surface area contributed by atoms with Crippen LogP contribution in [0, 0.1) is 0 Å². The Hall–Kier alpha value is -2.15. The molecule has 0 aliphatic carbocycles. The Morgan fingerprint density at radius 1 is 0.931 bits per heavy atom. The number of aliphatic hydroxyl groups excluding tert-OH is 2. The number of carbonyl (C=O) groups excluding carboxylic acids is 1. The lowest BCUT2D eigenvalue weighted by molar-refractivity contribution is -0.118. The summed E-state index contributed by atoms with van der Waals surface area (Å²) in [6.07, 6.45) is 0. The molecule has 3 aromatic rings. The van der Waals surface area contributed by atoms with Crippen LogP contribution in [-0.2, 0) is 18.0 Å². The van der Waals surface area contributed by atoms with E-state index in [1.165, 1.54) is 0 Å². The number of aromatic nitrogens is 1. The molecular weight excluding hydrogens is 435 g/mol. The molecule has 0 bridgehead atoms. The van der Waals surface area contributed by atoms with E-state index in [4.69, 9.17) is 40.5 Å². The van der Waals surface area contributed by atoms with Crippen LogP contribution < -0.4 is 5.73 Å². The lowest BCUT2D eigenvalue weighted by Crippen LogP contribution is -2.24. The molecule has 1 unspecified atom stereocenters. The van der Waals surface area contributed by atoms with Crippen molar-refractivity contribution in [1.82, 2.24) is 4.98 Å². The third-order valence-corrected chi connectivity index (χ3v) is 5.58. The highest BCUT2D eigenvalue weighted by atomic mass is 35.5. The van der Waals surface area contributed by atoms with Crippen molar-refractivity contribution in [1.29, 1.82) is 0 Å². The smallest absolute Gasteiger partial charge is 0.231 e. The Balaban J connectivity index is 2.26. The molecule has 5 nitrogen and oxygen atoms in total. The van der Waals surface area contributed by atoms with Gasteiger partial charge >= 0.3 is 0 Å². The maximum absolute atomic E-state index is 12.3. The zero-order valence-corrected chi connectivity index (χ0v) is 17.3. The van der Waals surface area contributed by atoms with Gasteiger partial charge in [0.25, 0.3) is 0 Å². The largest absolute Gasteiger partial charge is 0.392 e. The minimum atomic E-state index is -1.00. The SMILES string of the molecule is NC(=O)C(c1ccc(CO)c(-c2cccc(Cl)c2CO)n1)c1c(Cl)cccc1Cl. The summed E-state index contributed by atoms with van der Waals surface area (Å²) in [5.74, 6) is -1.68. The zero-order valence-electron chi connectivity index (χ0n) is 15.1. The molecule has 0 radical (unpaired) electrons. The summed E-state index contributed by atoms with van der Waals surface area (Å²) in [7, 11) is 0. The Morgan fingerprint density at radius 2 is 1.55 bits per heavy atom. The van der Waals surface area contributed by atoms with Gasteiger partial charge in [-0.15, -0.1) is 0 Å². The molecule has 0 aliphatic rings. The molecule has 1 aromatic heterocycles. The first kappa shape index (κ1) is 21.6. The van der Waals surface area contributed by atoms with Crippen LogP contribution >= 0.6 is 34.8 Å². The van der Waals surface area contributed by atoms with Crippen molar-refractivity contribution < 1.29 is 15.0 Å². The van der Waals surface area contributed by atoms with Crippen LogP contribution in [0.15, 0.2) is 48.5 Å². The number of aliphatic hydroxyl groups is 2. The van der Waals surface area contributed by atoms with Crippen molar-refractivity contribution in [2.24, 2.45) is 5.73 Å². The molecule has 1 heterocycles. The maximum atomic E-state index is 12.3. The van der Waals surface area contributed by atoms with Gasteiger partial charge in [0.1, 0.15) is 5.92 Å². The van der Waals surface area contributed by atoms with Crippen LogP contribution in [0.3, 0.4) is 0 Å². The van der Waals surface area contributed by atoms with Crippen LogP contribution in [0.5, 0.6) is 0 Å². The molecule has 2 aromatic carbocycles. The van der Waals surface area contributed by atoms with Gasteiger partial charge < -0.3 is 15.9 Å². The normalized spacial score (nSPS) is 12.0. The van der Waals surface area contributed by atoms with Crippen molar-refractivity contribution >= 4 is 40.7 Å². The Labute approximate surface area is 182 Å². The first-order valence-electron chi connectivity index (χ1n) is 8.61. The van der Waals surface area contributed by atoms with Crippen LogP contribution in [-0.4, -0.2) is 21.1 Å². The van der Waals surface area contributed by atoms with Gasteiger partial charge in [0, 0.05) is 37.3 Å². The number of nitrogens with zero attached hydrogens (tertiary/aromatic N) is 1. The summed E-state index contributed by atoms with van der Waals surface area (Å²) >= 11 is 18.8. The van der Waals surface area contributed by atoms with Crippen molar-refractivity contribution in [3.8, 4) is 11.3 Å². The van der Waals surface area contributed by atoms with Gasteiger partial charge in [0.05, 0.1) is 24.6 Å². The predicted molar refractivity (Wildman–Crippen MR) is 114 cm³/mol. The number of rotatable bonds is 6. The second-order valence-corrected chi connectivity index (χ2v) is 7.52. The second-order valence-electron chi connectivity index (χ2n) is 6.30. The molecule has 0 fully saturated rings. The fourth-order valence-corrected chi connectivity index (χ4v) is 4.04. The molecule has 0 spiro atoms. The van der Waals surface area contributed by atoms with E-state index in [1.807, 2.05) is 0 Å². The standard InChI is InChI=1S/C21H17Cl3N2O3/c22-14-4-1-3-12(13(14)10-28)20-11(9-27)7-8-17(26-20)19(21(25)29)18-15(23)5-2-6-16(18)24/h1-8,19,27-28H,9-10H2,(H2,25,29). The van der Waals surface area contributed by atoms with Crippen LogP contribution in [0.25, 0.3) is 11.3 Å². The predicted octanol–water partition coefficient (Wildman–Crippen LogP) is 4.31. The van der Waals surface area contributed by atoms with Gasteiger partial charge in [0.2, 0.25) is 5.91 Å². The lowest BCUT2D eigenvalue weighted by atomic mass is 9.92. The van der Waals surface area contributed by atoms with Gasteiger partial charge in [-0.2, -0.15) is 0 Å². The summed E-state index contributed by atoms with van der Waals surface area (Å²) in [5.41, 5.74) is 8.21. The number of primary amides is 1. The van der Waals surface area contributed by atoms with Crippen molar-refractivity contribution in [3.63, 3.8) is 0 Å². The molecule has 29 heavy (non-hydrogen) atoms. The molecular formula is C21H17Cl3N2O3. The van der Waals surface area contributed by atoms with Crippen LogP contribution in [0.2, 0.25) is 15.1 Å². The van der Waals surface area contributed by atoms with Crippen LogP contribution in [0.1, 0.15) is 28.3 Å². The third-order valence-electron chi connectivity index (χ3n) is 4.57. The van der Waals surface area contributed by atoms with Crippen molar-refractivity contribution in [2.75, 3.05) is 0 Å². The molecule has 4 N–H and O–H groups in total. The Kier molecular flexibility index (Phi) is 6.77. The van der Waals surface area contributed by atoms with Gasteiger partial charge in [-0.3, -0.25) is 9.78 Å². The first-order valence-corrected chi connectivity index (χ1v) is 9.75. The summed E-state index contributed by atoms with van der Waals surface area (Å²) in [4.78, 5) is 16.9. The number of carbonyl (C=O) groups is 1. The van der Waals surface area contributed by atoms with E-state index in [-0.39, 0.29) is 23.3 Å². The number of nitrogens with two attached hydrogens (primary N) is 1. The average Bonchev–Trinajstić information content (AvgIpc) is 2.70. The molecule has 1 amide bonds. The molecule has 0 saturated heterocycles. The zero-order chi connectivity index (χ0) is 21.1. The summed E-state index contributed by atoms with van der Waals surface area (Å²) in [5, 5.41) is 20.5. The highest BCUT2D eigenvalue weighted by molar-refractivity contribution is 6.36. The van der Waals surface area contributed by atoms with E-state index in [1.54, 1.807) is 48.5 Å². The topological polar surface area (TPSA) is 96.4 Å². The van der Waals surface area contributed by atoms with E-state index in [0.717, 1.165) is 0 Å². The number of benzene rings is 2. The van der Waals surface area contributed by atoms with Gasteiger partial charge in [-0.1, -0.05) is 59.1 Å². The van der Waals surface area contributed by atoms with E-state index in [0.29, 0.717) is 38.7 Å². The van der Waals surface area contributed by atoms with E-state index >= 15 is 0 Å². The van der Waals surface area contributed by atoms with E-state index in [9.17, 15) is 15.0 Å². The third kappa shape index (κ3) is 4.25. The molecule has 0 aliphatic heterocycles. The van der Waals surface area contributed by atoms with E-state index in [2.05, 4.69) is 4.98 Å². The number of hydrogen-bond acceptors (Lipinski definition) is 4. The van der Waals surface area contributed by atoms with Gasteiger partial charge in [0.15, 0.2) is 0 Å². The van der Waals surface area contributed by atoms with E-state index < -0.39 is 11.8 Å². The minimum Gasteiger partial charge on any atom is -0.392 e. The molecule has 8 heteroatoms. The average molecular weight is 452 g/mol. The molecule has 3 rings (SSSR count). The van der Waals surface area contributed by atoms with Crippen molar-refractivity contribution in [3.05, 3.63) is 86.0 Å². The lowest BCUT2D eigenvalue weighted by Gasteiger charge is -2.19. The molecule has 150 valence electrons. The summed E-state index contributed by atoms with van der Waals surface area (Å²) in [6, 6.07) is 13.2. The number of halogens is 3. The molecule has 1 atom stereocenters. The minimum absolute atomic E-state index is 0.287.